The summed E-state index contributed by atoms with van der Waals surface area (Å²) in [5.74, 6) is 0.910. The number of rotatable bonds is 4. The number of piperidine rings is 1. The predicted octanol–water partition coefficient (Wildman–Crippen LogP) is 5.04. The summed E-state index contributed by atoms with van der Waals surface area (Å²) in [4.78, 5) is 19.3. The fourth-order valence-electron chi connectivity index (χ4n) is 4.93. The van der Waals surface area contributed by atoms with Crippen molar-refractivity contribution in [3.63, 3.8) is 0 Å². The van der Waals surface area contributed by atoms with Crippen molar-refractivity contribution in [1.29, 1.82) is 0 Å². The number of carbonyl (C=O) groups excluding carboxylic acids is 1. The number of imidazole rings is 1. The fraction of sp³-hybridized carbons (Fsp3) is 0.308. The quantitative estimate of drug-likeness (QED) is 0.563. The molecular formula is C26H26FN3O3. The van der Waals surface area contributed by atoms with Crippen LogP contribution in [0.4, 0.5) is 4.39 Å². The number of methoxy groups -OCH3 is 1. The van der Waals surface area contributed by atoms with Gasteiger partial charge in [-0.05, 0) is 55.2 Å². The number of amides is 1. The lowest BCUT2D eigenvalue weighted by Crippen LogP contribution is -2.53. The molecule has 0 N–H and O–H groups in total. The summed E-state index contributed by atoms with van der Waals surface area (Å²) < 4.78 is 27.5. The lowest BCUT2D eigenvalue weighted by atomic mass is 9.86. The van der Waals surface area contributed by atoms with Gasteiger partial charge in [-0.25, -0.2) is 9.37 Å². The van der Waals surface area contributed by atoms with Gasteiger partial charge < -0.3 is 18.9 Å². The lowest BCUT2D eigenvalue weighted by Gasteiger charge is -2.49. The molecule has 2 saturated heterocycles. The van der Waals surface area contributed by atoms with Crippen LogP contribution in [0.5, 0.6) is 5.75 Å². The Morgan fingerprint density at radius 2 is 1.94 bits per heavy atom. The van der Waals surface area contributed by atoms with Gasteiger partial charge in [0.25, 0.3) is 0 Å². The van der Waals surface area contributed by atoms with Gasteiger partial charge in [-0.3, -0.25) is 4.79 Å². The fourth-order valence-corrected chi connectivity index (χ4v) is 4.93. The van der Waals surface area contributed by atoms with Crippen molar-refractivity contribution in [2.45, 2.75) is 44.4 Å². The van der Waals surface area contributed by atoms with Gasteiger partial charge in [-0.1, -0.05) is 24.8 Å². The van der Waals surface area contributed by atoms with Crippen molar-refractivity contribution in [3.05, 3.63) is 90.0 Å². The molecule has 5 rings (SSSR count). The minimum absolute atomic E-state index is 0.0625. The van der Waals surface area contributed by atoms with E-state index in [1.807, 2.05) is 40.8 Å². The number of aromatic nitrogens is 2. The van der Waals surface area contributed by atoms with E-state index < -0.39 is 6.04 Å². The van der Waals surface area contributed by atoms with Gasteiger partial charge in [0, 0.05) is 12.6 Å². The molecule has 2 aliphatic heterocycles. The summed E-state index contributed by atoms with van der Waals surface area (Å²) in [5, 5.41) is 0. The van der Waals surface area contributed by atoms with Crippen molar-refractivity contribution in [2.24, 2.45) is 0 Å². The Balaban J connectivity index is 1.52. The zero-order valence-corrected chi connectivity index (χ0v) is 18.7. The lowest BCUT2D eigenvalue weighted by molar-refractivity contribution is -0.153. The largest absolute Gasteiger partial charge is 0.495 e. The Kier molecular flexibility index (Phi) is 5.40. The molecule has 0 saturated carbocycles. The molecule has 6 nitrogen and oxygen atoms in total. The Hall–Kier alpha value is -3.61. The number of morpholine rings is 1. The predicted molar refractivity (Wildman–Crippen MR) is 121 cm³/mol. The van der Waals surface area contributed by atoms with E-state index in [4.69, 9.17) is 9.47 Å². The Morgan fingerprint density at radius 3 is 2.64 bits per heavy atom. The number of benzene rings is 2. The van der Waals surface area contributed by atoms with E-state index in [9.17, 15) is 9.18 Å². The first-order valence-corrected chi connectivity index (χ1v) is 11.1. The van der Waals surface area contributed by atoms with E-state index in [1.165, 1.54) is 12.1 Å². The smallest absolute Gasteiger partial charge is 0.223 e. The highest BCUT2D eigenvalue weighted by atomic mass is 19.1. The van der Waals surface area contributed by atoms with Crippen molar-refractivity contribution >= 4 is 5.91 Å². The highest BCUT2D eigenvalue weighted by Gasteiger charge is 2.46. The molecule has 3 atom stereocenters. The summed E-state index contributed by atoms with van der Waals surface area (Å²) >= 11 is 0. The first-order valence-electron chi connectivity index (χ1n) is 11.1. The normalized spacial score (nSPS) is 22.6. The molecule has 170 valence electrons. The number of halogens is 1. The van der Waals surface area contributed by atoms with E-state index >= 15 is 0 Å². The number of ether oxygens (including phenoxy) is 2. The average molecular weight is 448 g/mol. The van der Waals surface area contributed by atoms with Gasteiger partial charge in [0.05, 0.1) is 30.9 Å². The molecule has 0 radical (unpaired) electrons. The van der Waals surface area contributed by atoms with Gasteiger partial charge >= 0.3 is 0 Å². The standard InChI is InChI=1S/C26H26FN3O3/c1-16-14-29(15-28-16)21-12-9-19(13-23(21)32-3)26-22-5-4-6-24(31)30(22)25(17(2)33-26)18-7-10-20(27)11-8-18/h7-15,22,25-26H,2,4-6H2,1,3H3/t22-,25-,26?/m0/s1. The molecule has 0 aliphatic carbocycles. The molecule has 7 heteroatoms. The topological polar surface area (TPSA) is 56.6 Å². The number of nitrogens with zero attached hydrogens (tertiary/aromatic N) is 3. The molecule has 1 aromatic heterocycles. The minimum Gasteiger partial charge on any atom is -0.495 e. The van der Waals surface area contributed by atoms with Gasteiger partial charge in [-0.15, -0.1) is 0 Å². The van der Waals surface area contributed by atoms with E-state index in [0.29, 0.717) is 17.9 Å². The van der Waals surface area contributed by atoms with Crippen LogP contribution in [0.3, 0.4) is 0 Å². The second-order valence-corrected chi connectivity index (χ2v) is 8.57. The van der Waals surface area contributed by atoms with Crippen LogP contribution in [0.2, 0.25) is 0 Å². The Bertz CT molecular complexity index is 1200. The van der Waals surface area contributed by atoms with Crippen LogP contribution in [0.25, 0.3) is 5.69 Å². The molecule has 3 heterocycles. The van der Waals surface area contributed by atoms with Crippen LogP contribution in [0.1, 0.15) is 48.2 Å². The number of carbonyl (C=O) groups is 1. The van der Waals surface area contributed by atoms with Crippen LogP contribution in [-0.4, -0.2) is 33.5 Å². The number of hydrogen-bond acceptors (Lipinski definition) is 4. The molecule has 1 amide bonds. The zero-order chi connectivity index (χ0) is 23.1. The first-order chi connectivity index (χ1) is 16.0. The average Bonchev–Trinajstić information content (AvgIpc) is 3.25. The third-order valence-electron chi connectivity index (χ3n) is 6.45. The maximum absolute atomic E-state index is 13.5. The van der Waals surface area contributed by atoms with E-state index in [-0.39, 0.29) is 23.9 Å². The summed E-state index contributed by atoms with van der Waals surface area (Å²) in [5.41, 5.74) is 3.49. The molecule has 2 aliphatic rings. The highest BCUT2D eigenvalue weighted by Crippen LogP contribution is 2.47. The summed E-state index contributed by atoms with van der Waals surface area (Å²) in [6, 6.07) is 11.5. The third kappa shape index (κ3) is 3.77. The third-order valence-corrected chi connectivity index (χ3v) is 6.45. The van der Waals surface area contributed by atoms with Crippen LogP contribution in [0, 0.1) is 12.7 Å². The molecular weight excluding hydrogens is 421 g/mol. The van der Waals surface area contributed by atoms with Crippen LogP contribution in [0.15, 0.2) is 67.3 Å². The first kappa shape index (κ1) is 21.2. The number of aryl methyl sites for hydroxylation is 1. The highest BCUT2D eigenvalue weighted by molar-refractivity contribution is 5.78. The Morgan fingerprint density at radius 1 is 1.18 bits per heavy atom. The summed E-state index contributed by atoms with van der Waals surface area (Å²) in [6.45, 7) is 6.09. The van der Waals surface area contributed by atoms with Gasteiger partial charge in [0.15, 0.2) is 0 Å². The maximum atomic E-state index is 13.5. The van der Waals surface area contributed by atoms with Crippen molar-refractivity contribution in [1.82, 2.24) is 14.5 Å². The zero-order valence-electron chi connectivity index (χ0n) is 18.7. The monoisotopic (exact) mass is 447 g/mol. The SMILES string of the molecule is C=C1OC(c2ccc(-n3cnc(C)c3)c(OC)c2)[C@@H]2CCCC(=O)N2[C@@H]1c1ccc(F)cc1. The molecule has 0 spiro atoms. The van der Waals surface area contributed by atoms with Gasteiger partial charge in [-0.2, -0.15) is 0 Å². The second-order valence-electron chi connectivity index (χ2n) is 8.57. The molecule has 33 heavy (non-hydrogen) atoms. The number of hydrogen-bond donors (Lipinski definition) is 0. The number of fused-ring (bicyclic) bond motifs is 1. The maximum Gasteiger partial charge on any atom is 0.223 e. The molecule has 2 fully saturated rings. The Labute approximate surface area is 192 Å². The van der Waals surface area contributed by atoms with Crippen molar-refractivity contribution in [2.75, 3.05) is 7.11 Å². The van der Waals surface area contributed by atoms with Crippen LogP contribution in [-0.2, 0) is 9.53 Å². The van der Waals surface area contributed by atoms with E-state index in [1.54, 1.807) is 25.6 Å². The van der Waals surface area contributed by atoms with Gasteiger partial charge in [0.1, 0.15) is 29.5 Å². The summed E-state index contributed by atoms with van der Waals surface area (Å²) in [6.07, 6.45) is 5.41. The molecule has 2 aromatic carbocycles. The van der Waals surface area contributed by atoms with E-state index in [2.05, 4.69) is 11.6 Å². The molecule has 0 bridgehead atoms. The molecule has 1 unspecified atom stereocenters. The van der Waals surface area contributed by atoms with Gasteiger partial charge in [0.2, 0.25) is 5.91 Å². The minimum atomic E-state index is -0.435. The molecule has 3 aromatic rings. The van der Waals surface area contributed by atoms with Crippen molar-refractivity contribution in [3.8, 4) is 11.4 Å². The summed E-state index contributed by atoms with van der Waals surface area (Å²) in [7, 11) is 1.63. The van der Waals surface area contributed by atoms with Crippen LogP contribution < -0.4 is 4.74 Å². The van der Waals surface area contributed by atoms with E-state index in [0.717, 1.165) is 35.3 Å². The van der Waals surface area contributed by atoms with Crippen LogP contribution >= 0.6 is 0 Å². The van der Waals surface area contributed by atoms with Crippen molar-refractivity contribution < 1.29 is 18.7 Å². The second kappa shape index (κ2) is 8.39.